The lowest BCUT2D eigenvalue weighted by Gasteiger charge is -2.10. The van der Waals surface area contributed by atoms with E-state index in [4.69, 9.17) is 18.6 Å². The lowest BCUT2D eigenvalue weighted by atomic mass is 9.99. The van der Waals surface area contributed by atoms with Gasteiger partial charge in [0.1, 0.15) is 17.1 Å². The molecule has 3 aromatic rings. The molecule has 0 fully saturated rings. The van der Waals surface area contributed by atoms with Crippen molar-refractivity contribution in [2.75, 3.05) is 34.0 Å². The van der Waals surface area contributed by atoms with Gasteiger partial charge in [-0.1, -0.05) is 12.1 Å². The van der Waals surface area contributed by atoms with Crippen LogP contribution >= 0.6 is 0 Å². The Kier molecular flexibility index (Phi) is 7.73. The molecule has 2 aromatic carbocycles. The Balaban J connectivity index is 1.91. The van der Waals surface area contributed by atoms with E-state index >= 15 is 0 Å². The van der Waals surface area contributed by atoms with Gasteiger partial charge in [0.2, 0.25) is 5.91 Å². The predicted octanol–water partition coefficient (Wildman–Crippen LogP) is 5.06. The van der Waals surface area contributed by atoms with Crippen molar-refractivity contribution in [1.29, 1.82) is 0 Å². The van der Waals surface area contributed by atoms with E-state index in [-0.39, 0.29) is 5.91 Å². The molecule has 0 bridgehead atoms. The third-order valence-electron chi connectivity index (χ3n) is 4.97. The highest BCUT2D eigenvalue weighted by molar-refractivity contribution is 6.00. The van der Waals surface area contributed by atoms with Gasteiger partial charge in [0.25, 0.3) is 0 Å². The molecule has 0 spiro atoms. The molecule has 3 rings (SSSR count). The summed E-state index contributed by atoms with van der Waals surface area (Å²) in [5.74, 6) is 1.34. The Morgan fingerprint density at radius 3 is 2.61 bits per heavy atom. The summed E-state index contributed by atoms with van der Waals surface area (Å²) in [5.41, 5.74) is 4.37. The van der Waals surface area contributed by atoms with Crippen LogP contribution in [-0.4, -0.2) is 39.9 Å². The summed E-state index contributed by atoms with van der Waals surface area (Å²) in [5, 5.41) is 3.83. The highest BCUT2D eigenvalue weighted by Gasteiger charge is 2.15. The van der Waals surface area contributed by atoms with Crippen LogP contribution in [0.5, 0.6) is 11.5 Å². The standard InChI is InChI=1S/C25H29NO5/c1-5-30-19-9-7-18(8-10-19)22-16-31-24-15-23(29-4)20(14-21(22)24)17(2)13-25(27)26-11-6-12-28-3/h7-10,13-16H,5-6,11-12H2,1-4H3,(H,26,27)/b17-13+. The molecule has 1 N–H and O–H groups in total. The monoisotopic (exact) mass is 423 g/mol. The van der Waals surface area contributed by atoms with E-state index in [1.165, 1.54) is 0 Å². The molecule has 0 unspecified atom stereocenters. The fourth-order valence-corrected chi connectivity index (χ4v) is 3.41. The number of methoxy groups -OCH3 is 2. The number of carbonyl (C=O) groups excluding carboxylic acids is 1. The Labute approximate surface area is 182 Å². The van der Waals surface area contributed by atoms with Crippen LogP contribution in [0.25, 0.3) is 27.7 Å². The van der Waals surface area contributed by atoms with Crippen LogP contribution in [0.4, 0.5) is 0 Å². The fraction of sp³-hybridized carbons (Fsp3) is 0.320. The number of furan rings is 1. The highest BCUT2D eigenvalue weighted by atomic mass is 16.5. The number of hydrogen-bond acceptors (Lipinski definition) is 5. The topological polar surface area (TPSA) is 69.9 Å². The van der Waals surface area contributed by atoms with Crippen molar-refractivity contribution >= 4 is 22.4 Å². The minimum Gasteiger partial charge on any atom is -0.496 e. The minimum absolute atomic E-state index is 0.144. The predicted molar refractivity (Wildman–Crippen MR) is 123 cm³/mol. The number of ether oxygens (including phenoxy) is 3. The molecule has 1 amide bonds. The Bertz CT molecular complexity index is 1050. The van der Waals surface area contributed by atoms with E-state index in [2.05, 4.69) is 5.32 Å². The van der Waals surface area contributed by atoms with Gasteiger partial charge >= 0.3 is 0 Å². The second-order valence-electron chi connectivity index (χ2n) is 7.12. The van der Waals surface area contributed by atoms with Gasteiger partial charge in [0, 0.05) is 48.9 Å². The van der Waals surface area contributed by atoms with Gasteiger partial charge < -0.3 is 23.9 Å². The van der Waals surface area contributed by atoms with Crippen LogP contribution < -0.4 is 14.8 Å². The molecular weight excluding hydrogens is 394 g/mol. The molecule has 31 heavy (non-hydrogen) atoms. The molecule has 1 aromatic heterocycles. The summed E-state index contributed by atoms with van der Waals surface area (Å²) in [6.07, 6.45) is 4.10. The molecule has 6 heteroatoms. The normalized spacial score (nSPS) is 11.5. The first-order valence-electron chi connectivity index (χ1n) is 10.3. The van der Waals surface area contributed by atoms with Crippen LogP contribution in [0.15, 0.2) is 53.2 Å². The Morgan fingerprint density at radius 2 is 1.94 bits per heavy atom. The lowest BCUT2D eigenvalue weighted by Crippen LogP contribution is -2.23. The number of amides is 1. The smallest absolute Gasteiger partial charge is 0.244 e. The van der Waals surface area contributed by atoms with E-state index in [1.54, 1.807) is 26.6 Å². The number of fused-ring (bicyclic) bond motifs is 1. The maximum atomic E-state index is 12.3. The largest absolute Gasteiger partial charge is 0.496 e. The highest BCUT2D eigenvalue weighted by Crippen LogP contribution is 2.37. The van der Waals surface area contributed by atoms with E-state index in [0.717, 1.165) is 45.4 Å². The summed E-state index contributed by atoms with van der Waals surface area (Å²) < 4.78 is 21.9. The van der Waals surface area contributed by atoms with Gasteiger partial charge in [0.15, 0.2) is 0 Å². The van der Waals surface area contributed by atoms with Crippen molar-refractivity contribution in [1.82, 2.24) is 5.32 Å². The maximum absolute atomic E-state index is 12.3. The minimum atomic E-state index is -0.144. The summed E-state index contributed by atoms with van der Waals surface area (Å²) in [6.45, 7) is 5.67. The molecular formula is C25H29NO5. The quantitative estimate of drug-likeness (QED) is 0.364. The van der Waals surface area contributed by atoms with E-state index in [1.807, 2.05) is 50.2 Å². The zero-order chi connectivity index (χ0) is 22.2. The number of carbonyl (C=O) groups is 1. The molecule has 0 saturated carbocycles. The van der Waals surface area contributed by atoms with Crippen LogP contribution in [-0.2, 0) is 9.53 Å². The first-order chi connectivity index (χ1) is 15.1. The van der Waals surface area contributed by atoms with Crippen molar-refractivity contribution in [3.8, 4) is 22.6 Å². The fourth-order valence-electron chi connectivity index (χ4n) is 3.41. The molecule has 0 saturated heterocycles. The summed E-state index contributed by atoms with van der Waals surface area (Å²) in [7, 11) is 3.25. The van der Waals surface area contributed by atoms with Gasteiger partial charge in [-0.05, 0) is 49.6 Å². The van der Waals surface area contributed by atoms with Crippen molar-refractivity contribution in [2.24, 2.45) is 0 Å². The average molecular weight is 424 g/mol. The van der Waals surface area contributed by atoms with Crippen molar-refractivity contribution in [3.05, 3.63) is 54.3 Å². The molecule has 0 aliphatic heterocycles. The van der Waals surface area contributed by atoms with E-state index in [0.29, 0.717) is 25.5 Å². The second kappa shape index (κ2) is 10.7. The molecule has 0 atom stereocenters. The Hall–Kier alpha value is -3.25. The number of nitrogens with one attached hydrogen (secondary N) is 1. The van der Waals surface area contributed by atoms with E-state index < -0.39 is 0 Å². The number of rotatable bonds is 10. The molecule has 0 aliphatic carbocycles. The number of hydrogen-bond donors (Lipinski definition) is 1. The van der Waals surface area contributed by atoms with Crippen molar-refractivity contribution < 1.29 is 23.4 Å². The van der Waals surface area contributed by atoms with Gasteiger partial charge in [-0.25, -0.2) is 0 Å². The Morgan fingerprint density at radius 1 is 1.16 bits per heavy atom. The van der Waals surface area contributed by atoms with Crippen molar-refractivity contribution in [2.45, 2.75) is 20.3 Å². The third kappa shape index (κ3) is 5.47. The van der Waals surface area contributed by atoms with Gasteiger partial charge in [-0.15, -0.1) is 0 Å². The van der Waals surface area contributed by atoms with Crippen LogP contribution in [0.1, 0.15) is 25.8 Å². The van der Waals surface area contributed by atoms with Gasteiger partial charge in [-0.2, -0.15) is 0 Å². The molecule has 6 nitrogen and oxygen atoms in total. The van der Waals surface area contributed by atoms with Gasteiger partial charge in [-0.3, -0.25) is 4.79 Å². The lowest BCUT2D eigenvalue weighted by molar-refractivity contribution is -0.116. The van der Waals surface area contributed by atoms with Gasteiger partial charge in [0.05, 0.1) is 20.0 Å². The summed E-state index contributed by atoms with van der Waals surface area (Å²) in [4.78, 5) is 12.3. The maximum Gasteiger partial charge on any atom is 0.244 e. The molecule has 0 aliphatic rings. The summed E-state index contributed by atoms with van der Waals surface area (Å²) >= 11 is 0. The second-order valence-corrected chi connectivity index (χ2v) is 7.12. The summed E-state index contributed by atoms with van der Waals surface area (Å²) in [6, 6.07) is 11.8. The zero-order valence-electron chi connectivity index (χ0n) is 18.5. The average Bonchev–Trinajstić information content (AvgIpc) is 3.19. The van der Waals surface area contributed by atoms with Crippen LogP contribution in [0.3, 0.4) is 0 Å². The SMILES string of the molecule is CCOc1ccc(-c2coc3cc(OC)c(/C(C)=C/C(=O)NCCCOC)cc23)cc1. The first-order valence-corrected chi connectivity index (χ1v) is 10.3. The van der Waals surface area contributed by atoms with Crippen LogP contribution in [0.2, 0.25) is 0 Å². The number of benzene rings is 2. The molecule has 1 heterocycles. The van der Waals surface area contributed by atoms with Crippen molar-refractivity contribution in [3.63, 3.8) is 0 Å². The molecule has 164 valence electrons. The number of allylic oxidation sites excluding steroid dienone is 1. The third-order valence-corrected chi connectivity index (χ3v) is 4.97. The molecule has 0 radical (unpaired) electrons. The first kappa shape index (κ1) is 22.4. The van der Waals surface area contributed by atoms with E-state index in [9.17, 15) is 4.79 Å². The zero-order valence-corrected chi connectivity index (χ0v) is 18.5. The van der Waals surface area contributed by atoms with Crippen LogP contribution in [0, 0.1) is 0 Å².